The summed E-state index contributed by atoms with van der Waals surface area (Å²) in [5.41, 5.74) is 5.31. The highest BCUT2D eigenvalue weighted by molar-refractivity contribution is 5.95. The van der Waals surface area contributed by atoms with E-state index in [1.807, 2.05) is 32.0 Å². The van der Waals surface area contributed by atoms with Gasteiger partial charge in [0.05, 0.1) is 13.1 Å². The molecule has 0 aromatic heterocycles. The maximum absolute atomic E-state index is 12.3. The van der Waals surface area contributed by atoms with Crippen molar-refractivity contribution in [3.8, 4) is 0 Å². The van der Waals surface area contributed by atoms with Gasteiger partial charge in [-0.15, -0.1) is 0 Å². The fourth-order valence-corrected chi connectivity index (χ4v) is 3.65. The van der Waals surface area contributed by atoms with E-state index in [4.69, 9.17) is 0 Å². The predicted molar refractivity (Wildman–Crippen MR) is 128 cm³/mol. The van der Waals surface area contributed by atoms with Crippen molar-refractivity contribution in [1.82, 2.24) is 10.6 Å². The van der Waals surface area contributed by atoms with Crippen molar-refractivity contribution >= 4 is 17.5 Å². The number of benzene rings is 2. The lowest BCUT2D eigenvalue weighted by molar-refractivity contribution is -0.123. The Morgan fingerprint density at radius 1 is 0.839 bits per heavy atom. The van der Waals surface area contributed by atoms with Gasteiger partial charge in [0.2, 0.25) is 11.8 Å². The second-order valence-electron chi connectivity index (χ2n) is 8.67. The van der Waals surface area contributed by atoms with Crippen LogP contribution in [0.3, 0.4) is 0 Å². The molecule has 0 fully saturated rings. The van der Waals surface area contributed by atoms with Crippen molar-refractivity contribution in [3.63, 3.8) is 0 Å². The van der Waals surface area contributed by atoms with E-state index >= 15 is 0 Å². The van der Waals surface area contributed by atoms with Crippen LogP contribution in [-0.4, -0.2) is 24.9 Å². The molecule has 31 heavy (non-hydrogen) atoms. The molecule has 168 valence electrons. The van der Waals surface area contributed by atoms with Gasteiger partial charge in [0.25, 0.3) is 0 Å². The van der Waals surface area contributed by atoms with Crippen LogP contribution in [-0.2, 0) is 9.59 Å². The number of rotatable bonds is 10. The Morgan fingerprint density at radius 2 is 1.42 bits per heavy atom. The van der Waals surface area contributed by atoms with Crippen LogP contribution in [0, 0.1) is 19.8 Å². The quantitative estimate of drug-likeness (QED) is 0.511. The van der Waals surface area contributed by atoms with Crippen molar-refractivity contribution in [3.05, 3.63) is 64.7 Å². The van der Waals surface area contributed by atoms with E-state index in [9.17, 15) is 9.59 Å². The third-order valence-corrected chi connectivity index (χ3v) is 5.82. The zero-order valence-corrected chi connectivity index (χ0v) is 19.7. The minimum absolute atomic E-state index is 0.0514. The van der Waals surface area contributed by atoms with E-state index in [1.165, 1.54) is 11.1 Å². The van der Waals surface area contributed by atoms with Crippen molar-refractivity contribution < 1.29 is 9.59 Å². The van der Waals surface area contributed by atoms with Gasteiger partial charge in [0.1, 0.15) is 0 Å². The number of hydrogen-bond acceptors (Lipinski definition) is 3. The summed E-state index contributed by atoms with van der Waals surface area (Å²) in [6.45, 7) is 12.7. The molecule has 0 saturated carbocycles. The molecule has 2 amide bonds. The lowest BCUT2D eigenvalue weighted by atomic mass is 9.92. The smallest absolute Gasteiger partial charge is 0.243 e. The fourth-order valence-electron chi connectivity index (χ4n) is 3.65. The van der Waals surface area contributed by atoms with Crippen LogP contribution in [0.25, 0.3) is 0 Å². The Morgan fingerprint density at radius 3 is 1.97 bits per heavy atom. The zero-order chi connectivity index (χ0) is 23.0. The van der Waals surface area contributed by atoms with E-state index in [0.717, 1.165) is 23.2 Å². The van der Waals surface area contributed by atoms with Gasteiger partial charge >= 0.3 is 0 Å². The molecule has 5 heteroatoms. The van der Waals surface area contributed by atoms with Gasteiger partial charge < -0.3 is 16.0 Å². The molecule has 0 radical (unpaired) electrons. The van der Waals surface area contributed by atoms with Gasteiger partial charge in [0.15, 0.2) is 0 Å². The number of anilines is 1. The first-order chi connectivity index (χ1) is 14.7. The highest BCUT2D eigenvalue weighted by atomic mass is 16.2. The molecule has 2 aromatic rings. The highest BCUT2D eigenvalue weighted by Gasteiger charge is 2.17. The predicted octanol–water partition coefficient (Wildman–Crippen LogP) is 4.86. The Balaban J connectivity index is 1.87. The summed E-state index contributed by atoms with van der Waals surface area (Å²) >= 11 is 0. The first-order valence-electron chi connectivity index (χ1n) is 11.2. The molecule has 0 heterocycles. The van der Waals surface area contributed by atoms with E-state index in [1.54, 1.807) is 0 Å². The third kappa shape index (κ3) is 7.21. The standard InChI is InChI=1S/C26H37N3O2/c1-7-18(4)21-11-13-22(14-12-21)25(17(2)3)28-15-23(30)27-16-24(31)29-26-19(5)9-8-10-20(26)6/h8-14,17-18,25,28H,7,15-16H2,1-6H3,(H,27,30)(H,29,31)/t18-,25-/m0/s1. The summed E-state index contributed by atoms with van der Waals surface area (Å²) in [4.78, 5) is 24.6. The first kappa shape index (κ1) is 24.6. The van der Waals surface area contributed by atoms with Crippen LogP contribution < -0.4 is 16.0 Å². The average molecular weight is 424 g/mol. The van der Waals surface area contributed by atoms with Gasteiger partial charge in [0, 0.05) is 11.7 Å². The molecule has 0 saturated heterocycles. The van der Waals surface area contributed by atoms with Crippen LogP contribution in [0.1, 0.15) is 68.3 Å². The van der Waals surface area contributed by atoms with Crippen molar-refractivity contribution in [2.24, 2.45) is 5.92 Å². The molecule has 3 N–H and O–H groups in total. The number of carbonyl (C=O) groups excluding carboxylic acids is 2. The van der Waals surface area contributed by atoms with Crippen LogP contribution >= 0.6 is 0 Å². The second-order valence-corrected chi connectivity index (χ2v) is 8.67. The maximum atomic E-state index is 12.3. The molecule has 0 bridgehead atoms. The molecule has 0 aliphatic carbocycles. The summed E-state index contributed by atoms with van der Waals surface area (Å²) in [6.07, 6.45) is 1.11. The average Bonchev–Trinajstić information content (AvgIpc) is 2.74. The highest BCUT2D eigenvalue weighted by Crippen LogP contribution is 2.25. The number of hydrogen-bond donors (Lipinski definition) is 3. The summed E-state index contributed by atoms with van der Waals surface area (Å²) in [7, 11) is 0. The summed E-state index contributed by atoms with van der Waals surface area (Å²) in [5, 5.41) is 8.94. The molecule has 0 spiro atoms. The third-order valence-electron chi connectivity index (χ3n) is 5.82. The largest absolute Gasteiger partial charge is 0.346 e. The van der Waals surface area contributed by atoms with E-state index < -0.39 is 0 Å². The Labute approximate surface area is 187 Å². The minimum Gasteiger partial charge on any atom is -0.346 e. The summed E-state index contributed by atoms with van der Waals surface area (Å²) < 4.78 is 0. The lowest BCUT2D eigenvalue weighted by Crippen LogP contribution is -2.40. The molecular formula is C26H37N3O2. The Bertz CT molecular complexity index is 854. The Hall–Kier alpha value is -2.66. The van der Waals surface area contributed by atoms with Crippen molar-refractivity contribution in [2.45, 2.75) is 59.9 Å². The van der Waals surface area contributed by atoms with E-state index in [2.05, 4.69) is 67.9 Å². The van der Waals surface area contributed by atoms with Gasteiger partial charge in [-0.05, 0) is 54.4 Å². The van der Waals surface area contributed by atoms with Crippen LogP contribution in [0.15, 0.2) is 42.5 Å². The van der Waals surface area contributed by atoms with Crippen LogP contribution in [0.2, 0.25) is 0 Å². The Kier molecular flexibility index (Phi) is 9.25. The molecular weight excluding hydrogens is 386 g/mol. The van der Waals surface area contributed by atoms with E-state index in [0.29, 0.717) is 11.8 Å². The molecule has 5 nitrogen and oxygen atoms in total. The fraction of sp³-hybridized carbons (Fsp3) is 0.462. The van der Waals surface area contributed by atoms with Crippen LogP contribution in [0.4, 0.5) is 5.69 Å². The molecule has 2 aromatic carbocycles. The molecule has 0 unspecified atom stereocenters. The second kappa shape index (κ2) is 11.7. The number of carbonyl (C=O) groups is 2. The monoisotopic (exact) mass is 423 g/mol. The van der Waals surface area contributed by atoms with Crippen molar-refractivity contribution in [1.29, 1.82) is 0 Å². The number of amides is 2. The number of aryl methyl sites for hydroxylation is 2. The number of nitrogens with one attached hydrogen (secondary N) is 3. The first-order valence-corrected chi connectivity index (χ1v) is 11.2. The normalized spacial score (nSPS) is 13.0. The number of para-hydroxylation sites is 1. The summed E-state index contributed by atoms with van der Waals surface area (Å²) in [6, 6.07) is 14.6. The van der Waals surface area contributed by atoms with Crippen molar-refractivity contribution in [2.75, 3.05) is 18.4 Å². The molecule has 2 atom stereocenters. The van der Waals surface area contributed by atoms with Gasteiger partial charge in [-0.1, -0.05) is 70.2 Å². The van der Waals surface area contributed by atoms with Crippen LogP contribution in [0.5, 0.6) is 0 Å². The SMILES string of the molecule is CC[C@H](C)c1ccc([C@@H](NCC(=O)NCC(=O)Nc2c(C)cccc2C)C(C)C)cc1. The van der Waals surface area contributed by atoms with Gasteiger partial charge in [-0.25, -0.2) is 0 Å². The topological polar surface area (TPSA) is 70.2 Å². The maximum Gasteiger partial charge on any atom is 0.243 e. The summed E-state index contributed by atoms with van der Waals surface area (Å²) in [5.74, 6) is 0.444. The van der Waals surface area contributed by atoms with Gasteiger partial charge in [-0.3, -0.25) is 9.59 Å². The lowest BCUT2D eigenvalue weighted by Gasteiger charge is -2.23. The molecule has 2 rings (SSSR count). The molecule has 0 aliphatic rings. The van der Waals surface area contributed by atoms with E-state index in [-0.39, 0.29) is 30.9 Å². The van der Waals surface area contributed by atoms with Gasteiger partial charge in [-0.2, -0.15) is 0 Å². The zero-order valence-electron chi connectivity index (χ0n) is 19.7. The molecule has 0 aliphatic heterocycles. The minimum atomic E-state index is -0.230.